The highest BCUT2D eigenvalue weighted by molar-refractivity contribution is 6.30. The highest BCUT2D eigenvalue weighted by atomic mass is 35.5. The molecule has 4 nitrogen and oxygen atoms in total. The van der Waals surface area contributed by atoms with Crippen molar-refractivity contribution in [3.05, 3.63) is 34.9 Å². The summed E-state index contributed by atoms with van der Waals surface area (Å²) in [6, 6.07) is 7.31. The molecule has 1 aromatic carbocycles. The van der Waals surface area contributed by atoms with E-state index in [2.05, 4.69) is 10.6 Å². The summed E-state index contributed by atoms with van der Waals surface area (Å²) in [5.74, 6) is 0.0406. The second-order valence-electron chi connectivity index (χ2n) is 5.83. The molecule has 0 spiro atoms. The molecule has 0 aromatic heterocycles. The van der Waals surface area contributed by atoms with Crippen LogP contribution in [0.2, 0.25) is 5.02 Å². The molecule has 0 bridgehead atoms. The quantitative estimate of drug-likeness (QED) is 0.787. The molecule has 1 aliphatic heterocycles. The maximum Gasteiger partial charge on any atom is 0.230 e. The molecule has 1 aromatic rings. The molecule has 3 N–H and O–H groups in total. The zero-order valence-corrected chi connectivity index (χ0v) is 13.8. The minimum absolute atomic E-state index is 0. The van der Waals surface area contributed by atoms with Gasteiger partial charge in [-0.2, -0.15) is 0 Å². The summed E-state index contributed by atoms with van der Waals surface area (Å²) >= 11 is 5.87. The number of nitrogens with one attached hydrogen (secondary N) is 2. The average Bonchev–Trinajstić information content (AvgIpc) is 2.82. The van der Waals surface area contributed by atoms with E-state index in [4.69, 9.17) is 11.6 Å². The number of hydrogen-bond donors (Lipinski definition) is 3. The molecule has 1 amide bonds. The fourth-order valence-corrected chi connectivity index (χ4v) is 2.50. The van der Waals surface area contributed by atoms with Gasteiger partial charge in [0.15, 0.2) is 0 Å². The molecular formula is C15H22Cl2N2O2. The van der Waals surface area contributed by atoms with Crippen molar-refractivity contribution in [3.8, 4) is 0 Å². The summed E-state index contributed by atoms with van der Waals surface area (Å²) in [5.41, 5.74) is 0.297. The third-order valence-electron chi connectivity index (χ3n) is 3.96. The molecule has 1 heterocycles. The van der Waals surface area contributed by atoms with Crippen LogP contribution in [-0.2, 0) is 10.2 Å². The van der Waals surface area contributed by atoms with Crippen molar-refractivity contribution in [2.75, 3.05) is 19.6 Å². The monoisotopic (exact) mass is 332 g/mol. The topological polar surface area (TPSA) is 61.4 Å². The Kier molecular flexibility index (Phi) is 6.47. The summed E-state index contributed by atoms with van der Waals surface area (Å²) < 4.78 is 0. The van der Waals surface area contributed by atoms with Crippen molar-refractivity contribution in [3.63, 3.8) is 0 Å². The molecule has 1 saturated heterocycles. The Labute approximate surface area is 136 Å². The standard InChI is InChI=1S/C15H21ClN2O2.ClH/c1-15(2,11-3-5-12(16)6-4-11)14(20)18-8-10-7-17-9-13(10)19;/h3-6,10,13,17,19H,7-9H2,1-2H3,(H,18,20);1H. The van der Waals surface area contributed by atoms with E-state index in [0.29, 0.717) is 18.1 Å². The zero-order valence-electron chi connectivity index (χ0n) is 12.2. The first-order valence-electron chi connectivity index (χ1n) is 6.84. The number of β-amino-alcohol motifs (C(OH)–C–C–N with tert-alkyl or cyclic N) is 1. The summed E-state index contributed by atoms with van der Waals surface area (Å²) in [7, 11) is 0. The smallest absolute Gasteiger partial charge is 0.230 e. The van der Waals surface area contributed by atoms with Gasteiger partial charge in [0.05, 0.1) is 11.5 Å². The molecule has 2 unspecified atom stereocenters. The molecular weight excluding hydrogens is 311 g/mol. The molecule has 0 radical (unpaired) electrons. The number of hydrogen-bond acceptors (Lipinski definition) is 3. The molecule has 118 valence electrons. The molecule has 0 saturated carbocycles. The van der Waals surface area contributed by atoms with Gasteiger partial charge in [-0.25, -0.2) is 0 Å². The lowest BCUT2D eigenvalue weighted by Crippen LogP contribution is -2.43. The van der Waals surface area contributed by atoms with E-state index in [9.17, 15) is 9.90 Å². The predicted molar refractivity (Wildman–Crippen MR) is 87.1 cm³/mol. The molecule has 6 heteroatoms. The molecule has 1 aliphatic rings. The largest absolute Gasteiger partial charge is 0.391 e. The van der Waals surface area contributed by atoms with Gasteiger partial charge < -0.3 is 15.7 Å². The van der Waals surface area contributed by atoms with Crippen molar-refractivity contribution in [2.45, 2.75) is 25.4 Å². The van der Waals surface area contributed by atoms with E-state index in [1.165, 1.54) is 0 Å². The van der Waals surface area contributed by atoms with Gasteiger partial charge in [0.2, 0.25) is 5.91 Å². The molecule has 21 heavy (non-hydrogen) atoms. The number of halogens is 2. The van der Waals surface area contributed by atoms with Crippen LogP contribution in [0.4, 0.5) is 0 Å². The number of aliphatic hydroxyl groups excluding tert-OH is 1. The third kappa shape index (κ3) is 4.33. The summed E-state index contributed by atoms with van der Waals surface area (Å²) in [6.45, 7) is 5.59. The number of carbonyl (C=O) groups is 1. The van der Waals surface area contributed by atoms with Crippen LogP contribution < -0.4 is 10.6 Å². The fourth-order valence-electron chi connectivity index (χ4n) is 2.37. The van der Waals surface area contributed by atoms with Crippen LogP contribution in [0, 0.1) is 5.92 Å². The number of amides is 1. The van der Waals surface area contributed by atoms with E-state index < -0.39 is 5.41 Å². The first-order chi connectivity index (χ1) is 9.41. The first kappa shape index (κ1) is 18.2. The Morgan fingerprint density at radius 2 is 2.00 bits per heavy atom. The molecule has 2 atom stereocenters. The number of carbonyl (C=O) groups excluding carboxylic acids is 1. The van der Waals surface area contributed by atoms with Gasteiger partial charge in [-0.3, -0.25) is 4.79 Å². The molecule has 0 aliphatic carbocycles. The fraction of sp³-hybridized carbons (Fsp3) is 0.533. The van der Waals surface area contributed by atoms with Crippen molar-refractivity contribution in [1.82, 2.24) is 10.6 Å². The van der Waals surface area contributed by atoms with Crippen LogP contribution in [0.25, 0.3) is 0 Å². The van der Waals surface area contributed by atoms with Crippen LogP contribution in [0.3, 0.4) is 0 Å². The Hall–Kier alpha value is -0.810. The van der Waals surface area contributed by atoms with E-state index in [1.807, 2.05) is 26.0 Å². The SMILES string of the molecule is CC(C)(C(=O)NCC1CNCC1O)c1ccc(Cl)cc1.Cl. The second kappa shape index (κ2) is 7.45. The van der Waals surface area contributed by atoms with E-state index in [-0.39, 0.29) is 30.3 Å². The van der Waals surface area contributed by atoms with Gasteiger partial charge in [0.25, 0.3) is 0 Å². The third-order valence-corrected chi connectivity index (χ3v) is 4.21. The number of benzene rings is 1. The van der Waals surface area contributed by atoms with Crippen molar-refractivity contribution < 1.29 is 9.90 Å². The maximum atomic E-state index is 12.4. The lowest BCUT2D eigenvalue weighted by molar-refractivity contribution is -0.125. The number of rotatable bonds is 4. The minimum atomic E-state index is -0.623. The Morgan fingerprint density at radius 1 is 1.38 bits per heavy atom. The van der Waals surface area contributed by atoms with Gasteiger partial charge in [-0.15, -0.1) is 12.4 Å². The lowest BCUT2D eigenvalue weighted by atomic mass is 9.83. The molecule has 1 fully saturated rings. The van der Waals surface area contributed by atoms with Crippen LogP contribution in [0.5, 0.6) is 0 Å². The summed E-state index contributed by atoms with van der Waals surface area (Å²) in [5, 5.41) is 16.4. The van der Waals surface area contributed by atoms with Crippen LogP contribution in [-0.4, -0.2) is 36.8 Å². The Balaban J connectivity index is 0.00000220. The van der Waals surface area contributed by atoms with Gasteiger partial charge >= 0.3 is 0 Å². The van der Waals surface area contributed by atoms with Crippen molar-refractivity contribution >= 4 is 29.9 Å². The van der Waals surface area contributed by atoms with Gasteiger partial charge in [-0.1, -0.05) is 23.7 Å². The van der Waals surface area contributed by atoms with Crippen LogP contribution in [0.15, 0.2) is 24.3 Å². The maximum absolute atomic E-state index is 12.4. The van der Waals surface area contributed by atoms with Crippen molar-refractivity contribution in [2.24, 2.45) is 5.92 Å². The minimum Gasteiger partial charge on any atom is -0.391 e. The van der Waals surface area contributed by atoms with Gasteiger partial charge in [-0.05, 0) is 31.5 Å². The Bertz CT molecular complexity index is 477. The zero-order chi connectivity index (χ0) is 14.8. The van der Waals surface area contributed by atoms with Crippen molar-refractivity contribution in [1.29, 1.82) is 0 Å². The normalized spacial score (nSPS) is 21.7. The predicted octanol–water partition coefficient (Wildman–Crippen LogP) is 1.74. The van der Waals surface area contributed by atoms with Gasteiger partial charge in [0, 0.05) is 30.6 Å². The highest BCUT2D eigenvalue weighted by Crippen LogP contribution is 2.25. The lowest BCUT2D eigenvalue weighted by Gasteiger charge is -2.25. The van der Waals surface area contributed by atoms with E-state index in [1.54, 1.807) is 12.1 Å². The molecule has 2 rings (SSSR count). The Morgan fingerprint density at radius 3 is 2.52 bits per heavy atom. The van der Waals surface area contributed by atoms with Gasteiger partial charge in [0.1, 0.15) is 0 Å². The van der Waals surface area contributed by atoms with Crippen LogP contribution >= 0.6 is 24.0 Å². The summed E-state index contributed by atoms with van der Waals surface area (Å²) in [6.07, 6.45) is -0.381. The summed E-state index contributed by atoms with van der Waals surface area (Å²) in [4.78, 5) is 12.4. The first-order valence-corrected chi connectivity index (χ1v) is 7.22. The second-order valence-corrected chi connectivity index (χ2v) is 6.26. The average molecular weight is 333 g/mol. The number of aliphatic hydroxyl groups is 1. The van der Waals surface area contributed by atoms with E-state index in [0.717, 1.165) is 12.1 Å². The van der Waals surface area contributed by atoms with E-state index >= 15 is 0 Å². The highest BCUT2D eigenvalue weighted by Gasteiger charge is 2.31. The van der Waals surface area contributed by atoms with Crippen LogP contribution in [0.1, 0.15) is 19.4 Å².